The standard InChI is InChI=1S/C60H67BN2O2/c1-37-31-50-53-51(32-37)63(54-41(38-17-14-13-15-18-38)21-24-52-55(54)65-30-16-29-64-52)48-23-19-39(56(2,3)4)33-46(48)61(53)47-35-44-45(60(11,12)28-27-59(44,9)10)36-49(47)62(50)40-20-22-42-43(34-40)58(7,8)26-25-57(42,5)6/h13-15,17-24,31-36H,16,25-30H2,1-12H3. The molecule has 0 bridgehead atoms. The number of hydrogen-bond donors (Lipinski definition) is 0. The van der Waals surface area contributed by atoms with Crippen LogP contribution in [0.1, 0.15) is 142 Å². The quantitative estimate of drug-likeness (QED) is 0.165. The van der Waals surface area contributed by atoms with Gasteiger partial charge < -0.3 is 19.3 Å². The lowest BCUT2D eigenvalue weighted by atomic mass is 9.33. The number of aryl methyl sites for hydroxylation is 1. The van der Waals surface area contributed by atoms with Gasteiger partial charge in [0, 0.05) is 40.4 Å². The highest BCUT2D eigenvalue weighted by Crippen LogP contribution is 2.55. The molecule has 2 aliphatic carbocycles. The topological polar surface area (TPSA) is 24.9 Å². The van der Waals surface area contributed by atoms with Gasteiger partial charge in [0.2, 0.25) is 0 Å². The van der Waals surface area contributed by atoms with Crippen molar-refractivity contribution in [2.75, 3.05) is 23.0 Å². The second-order valence-electron chi connectivity index (χ2n) is 23.8. The van der Waals surface area contributed by atoms with Crippen molar-refractivity contribution in [1.29, 1.82) is 0 Å². The first-order valence-electron chi connectivity index (χ1n) is 24.5. The first kappa shape index (κ1) is 42.2. The van der Waals surface area contributed by atoms with Gasteiger partial charge in [-0.2, -0.15) is 0 Å². The lowest BCUT2D eigenvalue weighted by molar-refractivity contribution is 0.297. The zero-order chi connectivity index (χ0) is 45.6. The van der Waals surface area contributed by atoms with Gasteiger partial charge in [-0.1, -0.05) is 131 Å². The lowest BCUT2D eigenvalue weighted by Gasteiger charge is -2.48. The average molecular weight is 859 g/mol. The largest absolute Gasteiger partial charge is 0.489 e. The van der Waals surface area contributed by atoms with Gasteiger partial charge in [-0.05, 0) is 164 Å². The molecule has 0 saturated heterocycles. The minimum absolute atomic E-state index is 0.000741. The fourth-order valence-electron chi connectivity index (χ4n) is 12.2. The highest BCUT2D eigenvalue weighted by Gasteiger charge is 2.48. The van der Waals surface area contributed by atoms with Gasteiger partial charge in [0.05, 0.1) is 13.2 Å². The van der Waals surface area contributed by atoms with Gasteiger partial charge in [0.15, 0.2) is 11.5 Å². The van der Waals surface area contributed by atoms with Crippen LogP contribution in [0.4, 0.5) is 34.1 Å². The smallest absolute Gasteiger partial charge is 0.252 e. The minimum atomic E-state index is -0.0542. The molecule has 3 aliphatic heterocycles. The zero-order valence-electron chi connectivity index (χ0n) is 41.1. The molecule has 0 unspecified atom stereocenters. The SMILES string of the molecule is Cc1cc2c3c(c1)N(c1c(-c4ccccc4)ccc4c1OCCCO4)c1ccc(C(C)(C)C)cc1B3c1cc3c(cc1N2c1ccc2c(c1)C(C)(C)CCC2(C)C)C(C)(C)CCC3(C)C. The second kappa shape index (κ2) is 14.3. The molecule has 5 heteroatoms. The van der Waals surface area contributed by atoms with E-state index in [1.165, 1.54) is 104 Å². The number of anilines is 6. The maximum absolute atomic E-state index is 6.89. The molecule has 332 valence electrons. The molecule has 5 aliphatic rings. The third-order valence-corrected chi connectivity index (χ3v) is 16.3. The molecule has 0 N–H and O–H groups in total. The monoisotopic (exact) mass is 859 g/mol. The summed E-state index contributed by atoms with van der Waals surface area (Å²) in [6, 6.07) is 40.3. The van der Waals surface area contributed by atoms with Crippen LogP contribution in [0, 0.1) is 6.92 Å². The first-order chi connectivity index (χ1) is 30.7. The third-order valence-electron chi connectivity index (χ3n) is 16.3. The number of ether oxygens (including phenoxy) is 2. The molecule has 6 aromatic rings. The van der Waals surface area contributed by atoms with Gasteiger partial charge in [-0.3, -0.25) is 0 Å². The normalized spacial score (nSPS) is 19.3. The van der Waals surface area contributed by atoms with Gasteiger partial charge in [0.1, 0.15) is 5.69 Å². The Balaban J connectivity index is 1.28. The van der Waals surface area contributed by atoms with Crippen molar-refractivity contribution >= 4 is 57.2 Å². The van der Waals surface area contributed by atoms with Crippen LogP contribution in [-0.4, -0.2) is 19.9 Å². The predicted octanol–water partition coefficient (Wildman–Crippen LogP) is 13.9. The number of nitrogens with zero attached hydrogens (tertiary/aromatic N) is 2. The number of fused-ring (bicyclic) bond motifs is 7. The molecule has 0 atom stereocenters. The molecule has 0 amide bonds. The maximum atomic E-state index is 6.89. The van der Waals surface area contributed by atoms with Crippen LogP contribution in [0.5, 0.6) is 11.5 Å². The van der Waals surface area contributed by atoms with E-state index in [1.54, 1.807) is 0 Å². The molecule has 65 heavy (non-hydrogen) atoms. The molecule has 0 fully saturated rings. The molecular weight excluding hydrogens is 791 g/mol. The Morgan fingerprint density at radius 2 is 1.14 bits per heavy atom. The first-order valence-corrected chi connectivity index (χ1v) is 24.5. The van der Waals surface area contributed by atoms with Gasteiger partial charge in [-0.25, -0.2) is 0 Å². The van der Waals surface area contributed by atoms with E-state index >= 15 is 0 Å². The van der Waals surface area contributed by atoms with E-state index in [0.29, 0.717) is 13.2 Å². The van der Waals surface area contributed by atoms with Gasteiger partial charge >= 0.3 is 0 Å². The Morgan fingerprint density at radius 3 is 1.82 bits per heavy atom. The van der Waals surface area contributed by atoms with Crippen LogP contribution >= 0.6 is 0 Å². The molecule has 0 radical (unpaired) electrons. The highest BCUT2D eigenvalue weighted by molar-refractivity contribution is 7.00. The summed E-state index contributed by atoms with van der Waals surface area (Å²) in [4.78, 5) is 5.24. The lowest BCUT2D eigenvalue weighted by Crippen LogP contribution is -2.62. The third kappa shape index (κ3) is 6.52. The number of hydrogen-bond acceptors (Lipinski definition) is 4. The highest BCUT2D eigenvalue weighted by atomic mass is 16.5. The van der Waals surface area contributed by atoms with E-state index in [9.17, 15) is 0 Å². The fraction of sp³-hybridized carbons (Fsp3) is 0.400. The van der Waals surface area contributed by atoms with Crippen LogP contribution in [0.2, 0.25) is 0 Å². The Hall–Kier alpha value is -5.42. The summed E-state index contributed by atoms with van der Waals surface area (Å²) in [6.45, 7) is 30.3. The summed E-state index contributed by atoms with van der Waals surface area (Å²) < 4.78 is 13.4. The molecular formula is C60H67BN2O2. The van der Waals surface area contributed by atoms with Crippen LogP contribution < -0.4 is 35.7 Å². The Labute approximate surface area is 389 Å². The van der Waals surface area contributed by atoms with E-state index in [1.807, 2.05) is 0 Å². The Bertz CT molecular complexity index is 2930. The van der Waals surface area contributed by atoms with E-state index < -0.39 is 0 Å². The number of benzene rings is 6. The van der Waals surface area contributed by atoms with Crippen LogP contribution in [0.25, 0.3) is 11.1 Å². The zero-order valence-corrected chi connectivity index (χ0v) is 41.1. The summed E-state index contributed by atoms with van der Waals surface area (Å²) >= 11 is 0. The summed E-state index contributed by atoms with van der Waals surface area (Å²) in [5.41, 5.74) is 22.3. The predicted molar refractivity (Wildman–Crippen MR) is 276 cm³/mol. The summed E-state index contributed by atoms with van der Waals surface area (Å²) in [6.07, 6.45) is 5.53. The molecule has 0 spiro atoms. The van der Waals surface area contributed by atoms with Crippen molar-refractivity contribution in [2.45, 2.75) is 142 Å². The molecule has 11 rings (SSSR count). The molecule has 4 nitrogen and oxygen atoms in total. The number of rotatable bonds is 3. The van der Waals surface area contributed by atoms with Crippen molar-refractivity contribution in [3.8, 4) is 22.6 Å². The van der Waals surface area contributed by atoms with Gasteiger partial charge in [-0.15, -0.1) is 0 Å². The van der Waals surface area contributed by atoms with E-state index in [-0.39, 0.29) is 33.8 Å². The Morgan fingerprint density at radius 1 is 0.538 bits per heavy atom. The van der Waals surface area contributed by atoms with Gasteiger partial charge in [0.25, 0.3) is 6.71 Å². The van der Waals surface area contributed by atoms with E-state index in [2.05, 4.69) is 196 Å². The van der Waals surface area contributed by atoms with Crippen LogP contribution in [-0.2, 0) is 27.1 Å². The van der Waals surface area contributed by atoms with Crippen molar-refractivity contribution in [3.63, 3.8) is 0 Å². The minimum Gasteiger partial charge on any atom is -0.489 e. The molecule has 0 saturated carbocycles. The summed E-state index contributed by atoms with van der Waals surface area (Å²) in [5.74, 6) is 1.62. The average Bonchev–Trinajstić information content (AvgIpc) is 3.52. The van der Waals surface area contributed by atoms with Crippen molar-refractivity contribution in [2.24, 2.45) is 0 Å². The summed E-state index contributed by atoms with van der Waals surface area (Å²) in [5, 5.41) is 0. The fourth-order valence-corrected chi connectivity index (χ4v) is 12.2. The molecule has 6 aromatic carbocycles. The Kier molecular flexibility index (Phi) is 9.29. The van der Waals surface area contributed by atoms with Crippen molar-refractivity contribution in [3.05, 3.63) is 137 Å². The van der Waals surface area contributed by atoms with Crippen LogP contribution in [0.15, 0.2) is 103 Å². The molecule has 0 aromatic heterocycles. The van der Waals surface area contributed by atoms with E-state index in [4.69, 9.17) is 9.47 Å². The maximum Gasteiger partial charge on any atom is 0.252 e. The van der Waals surface area contributed by atoms with Crippen LogP contribution in [0.3, 0.4) is 0 Å². The summed E-state index contributed by atoms with van der Waals surface area (Å²) in [7, 11) is 0. The van der Waals surface area contributed by atoms with Crippen molar-refractivity contribution in [1.82, 2.24) is 0 Å². The van der Waals surface area contributed by atoms with Crippen molar-refractivity contribution < 1.29 is 9.47 Å². The van der Waals surface area contributed by atoms with E-state index in [0.717, 1.165) is 34.7 Å². The second-order valence-corrected chi connectivity index (χ2v) is 23.8. The molecule has 3 heterocycles.